The number of piperidine rings is 1. The Morgan fingerprint density at radius 2 is 1.88 bits per heavy atom. The van der Waals surface area contributed by atoms with Gasteiger partial charge in [-0.2, -0.15) is 0 Å². The van der Waals surface area contributed by atoms with Crippen LogP contribution in [0, 0.1) is 0 Å². The van der Waals surface area contributed by atoms with Gasteiger partial charge < -0.3 is 20.4 Å². The summed E-state index contributed by atoms with van der Waals surface area (Å²) in [6.07, 6.45) is 9.71. The molecule has 0 aromatic heterocycles. The third-order valence-corrected chi connectivity index (χ3v) is 5.71. The highest BCUT2D eigenvalue weighted by molar-refractivity contribution is 5.80. The third kappa shape index (κ3) is 4.39. The number of aliphatic imine (C=N–C) groups is 1. The molecular formula is C21H31N5. The van der Waals surface area contributed by atoms with Crippen LogP contribution in [0.25, 0.3) is 0 Å². The fourth-order valence-electron chi connectivity index (χ4n) is 3.97. The molecule has 0 spiro atoms. The Bertz CT molecular complexity index is 648. The molecule has 2 aliphatic heterocycles. The Labute approximate surface area is 157 Å². The van der Waals surface area contributed by atoms with Gasteiger partial charge in [-0.3, -0.25) is 4.99 Å². The van der Waals surface area contributed by atoms with E-state index in [0.717, 1.165) is 31.6 Å². The molecule has 5 heteroatoms. The van der Waals surface area contributed by atoms with Crippen molar-refractivity contribution in [2.75, 3.05) is 38.1 Å². The van der Waals surface area contributed by atoms with Crippen molar-refractivity contribution >= 4 is 11.6 Å². The summed E-state index contributed by atoms with van der Waals surface area (Å²) in [5.74, 6) is 0.920. The van der Waals surface area contributed by atoms with Crippen LogP contribution in [0.2, 0.25) is 0 Å². The maximum atomic E-state index is 4.42. The van der Waals surface area contributed by atoms with Crippen molar-refractivity contribution < 1.29 is 0 Å². The van der Waals surface area contributed by atoms with E-state index in [0.29, 0.717) is 6.04 Å². The van der Waals surface area contributed by atoms with Gasteiger partial charge in [0.2, 0.25) is 0 Å². The number of hydrogen-bond donors (Lipinski definition) is 2. The molecule has 0 bridgehead atoms. The molecule has 26 heavy (non-hydrogen) atoms. The summed E-state index contributed by atoms with van der Waals surface area (Å²) in [7, 11) is 1.86. The fourth-order valence-corrected chi connectivity index (χ4v) is 3.97. The number of rotatable bonds is 5. The quantitative estimate of drug-likeness (QED) is 0.484. The Morgan fingerprint density at radius 3 is 2.58 bits per heavy atom. The molecular weight excluding hydrogens is 322 g/mol. The Kier molecular flexibility index (Phi) is 5.44. The largest absolute Gasteiger partial charge is 0.364 e. The second-order valence-corrected chi connectivity index (χ2v) is 7.66. The maximum absolute atomic E-state index is 4.42. The summed E-state index contributed by atoms with van der Waals surface area (Å²) in [6.45, 7) is 5.28. The van der Waals surface area contributed by atoms with Crippen LogP contribution in [0.15, 0.2) is 41.4 Å². The van der Waals surface area contributed by atoms with Crippen LogP contribution in [0.3, 0.4) is 0 Å². The van der Waals surface area contributed by atoms with Crippen LogP contribution in [0.1, 0.15) is 31.2 Å². The fraction of sp³-hybridized carbons (Fsp3) is 0.571. The first-order chi connectivity index (χ1) is 12.8. The number of benzene rings is 1. The van der Waals surface area contributed by atoms with Gasteiger partial charge in [0.25, 0.3) is 0 Å². The predicted molar refractivity (Wildman–Crippen MR) is 109 cm³/mol. The molecule has 0 amide bonds. The first-order valence-electron chi connectivity index (χ1n) is 10.0. The monoisotopic (exact) mass is 353 g/mol. The highest BCUT2D eigenvalue weighted by atomic mass is 15.2. The minimum atomic E-state index is 0.540. The van der Waals surface area contributed by atoms with Crippen molar-refractivity contribution in [1.29, 1.82) is 0 Å². The smallest absolute Gasteiger partial charge is 0.191 e. The number of anilines is 1. The molecule has 4 rings (SSSR count). The zero-order valence-corrected chi connectivity index (χ0v) is 15.8. The van der Waals surface area contributed by atoms with Crippen LogP contribution in [-0.4, -0.2) is 56.2 Å². The van der Waals surface area contributed by atoms with Crippen molar-refractivity contribution in [3.63, 3.8) is 0 Å². The van der Waals surface area contributed by atoms with E-state index >= 15 is 0 Å². The molecule has 1 saturated heterocycles. The van der Waals surface area contributed by atoms with Gasteiger partial charge in [-0.15, -0.1) is 0 Å². The predicted octanol–water partition coefficient (Wildman–Crippen LogP) is 2.35. The summed E-state index contributed by atoms with van der Waals surface area (Å²) >= 11 is 0. The molecule has 140 valence electrons. The van der Waals surface area contributed by atoms with Gasteiger partial charge in [0.15, 0.2) is 5.96 Å². The van der Waals surface area contributed by atoms with Crippen molar-refractivity contribution in [2.45, 2.75) is 44.3 Å². The first kappa shape index (κ1) is 17.4. The van der Waals surface area contributed by atoms with E-state index in [4.69, 9.17) is 0 Å². The van der Waals surface area contributed by atoms with E-state index in [-0.39, 0.29) is 0 Å². The minimum absolute atomic E-state index is 0.540. The van der Waals surface area contributed by atoms with Gasteiger partial charge in [0, 0.05) is 57.5 Å². The molecule has 2 N–H and O–H groups in total. The second kappa shape index (κ2) is 8.12. The molecule has 0 radical (unpaired) electrons. The first-order valence-corrected chi connectivity index (χ1v) is 10.0. The molecule has 0 unspecified atom stereocenters. The van der Waals surface area contributed by atoms with E-state index in [1.807, 2.05) is 7.05 Å². The Morgan fingerprint density at radius 1 is 1.12 bits per heavy atom. The van der Waals surface area contributed by atoms with Crippen LogP contribution >= 0.6 is 0 Å². The van der Waals surface area contributed by atoms with Gasteiger partial charge in [-0.05, 0) is 43.4 Å². The van der Waals surface area contributed by atoms with Crippen LogP contribution in [0.4, 0.5) is 5.69 Å². The number of nitrogens with one attached hydrogen (secondary N) is 2. The Balaban J connectivity index is 1.25. The van der Waals surface area contributed by atoms with Gasteiger partial charge >= 0.3 is 0 Å². The lowest BCUT2D eigenvalue weighted by molar-refractivity contribution is 0.197. The Hall–Kier alpha value is -2.01. The number of guanidine groups is 1. The highest BCUT2D eigenvalue weighted by Crippen LogP contribution is 2.29. The van der Waals surface area contributed by atoms with E-state index < -0.39 is 0 Å². The van der Waals surface area contributed by atoms with E-state index in [2.05, 4.69) is 61.8 Å². The van der Waals surface area contributed by atoms with Gasteiger partial charge in [-0.1, -0.05) is 24.3 Å². The van der Waals surface area contributed by atoms with Crippen molar-refractivity contribution in [1.82, 2.24) is 15.5 Å². The molecule has 5 nitrogen and oxygen atoms in total. The third-order valence-electron chi connectivity index (χ3n) is 5.71. The molecule has 2 fully saturated rings. The summed E-state index contributed by atoms with van der Waals surface area (Å²) in [4.78, 5) is 9.46. The molecule has 3 aliphatic rings. The summed E-state index contributed by atoms with van der Waals surface area (Å²) in [5, 5.41) is 7.11. The van der Waals surface area contributed by atoms with E-state index in [9.17, 15) is 0 Å². The van der Waals surface area contributed by atoms with Gasteiger partial charge in [0.05, 0.1) is 0 Å². The van der Waals surface area contributed by atoms with Crippen molar-refractivity contribution in [3.8, 4) is 0 Å². The molecule has 1 aliphatic carbocycles. The SMILES string of the molecule is CN=C(NCc1cccc(N2CC=CC2)c1)NC1CCN(C2CC2)CC1. The summed E-state index contributed by atoms with van der Waals surface area (Å²) in [6, 6.07) is 10.2. The molecule has 1 aromatic rings. The van der Waals surface area contributed by atoms with Gasteiger partial charge in [0.1, 0.15) is 0 Å². The van der Waals surface area contributed by atoms with E-state index in [1.165, 1.54) is 50.0 Å². The van der Waals surface area contributed by atoms with E-state index in [1.54, 1.807) is 0 Å². The number of likely N-dealkylation sites (tertiary alicyclic amines) is 1. The lowest BCUT2D eigenvalue weighted by Gasteiger charge is -2.33. The number of hydrogen-bond acceptors (Lipinski definition) is 3. The standard InChI is InChI=1S/C21H31N5/c1-22-21(24-18-9-13-26(14-10-18)19-7-8-19)23-16-17-5-4-6-20(15-17)25-11-2-3-12-25/h2-6,15,18-19H,7-14,16H2,1H3,(H2,22,23,24). The molecule has 1 aromatic carbocycles. The minimum Gasteiger partial charge on any atom is -0.364 e. The average molecular weight is 354 g/mol. The molecule has 0 atom stereocenters. The number of nitrogens with zero attached hydrogens (tertiary/aromatic N) is 3. The summed E-state index contributed by atoms with van der Waals surface area (Å²) in [5.41, 5.74) is 2.59. The van der Waals surface area contributed by atoms with Crippen LogP contribution < -0.4 is 15.5 Å². The van der Waals surface area contributed by atoms with Gasteiger partial charge in [-0.25, -0.2) is 0 Å². The highest BCUT2D eigenvalue weighted by Gasteiger charge is 2.31. The average Bonchev–Trinajstić information content (AvgIpc) is 3.39. The van der Waals surface area contributed by atoms with Crippen molar-refractivity contribution in [2.24, 2.45) is 4.99 Å². The molecule has 2 heterocycles. The van der Waals surface area contributed by atoms with Crippen LogP contribution in [-0.2, 0) is 6.54 Å². The lowest BCUT2D eigenvalue weighted by atomic mass is 10.1. The topological polar surface area (TPSA) is 42.9 Å². The maximum Gasteiger partial charge on any atom is 0.191 e. The van der Waals surface area contributed by atoms with Crippen LogP contribution in [0.5, 0.6) is 0 Å². The van der Waals surface area contributed by atoms with Crippen molar-refractivity contribution in [3.05, 3.63) is 42.0 Å². The zero-order valence-electron chi connectivity index (χ0n) is 15.8. The summed E-state index contributed by atoms with van der Waals surface area (Å²) < 4.78 is 0. The molecule has 1 saturated carbocycles. The normalized spacial score (nSPS) is 22.0. The lowest BCUT2D eigenvalue weighted by Crippen LogP contribution is -2.48. The zero-order chi connectivity index (χ0) is 17.8. The second-order valence-electron chi connectivity index (χ2n) is 7.66.